The van der Waals surface area contributed by atoms with Gasteiger partial charge in [0.05, 0.1) is 28.9 Å². The highest BCUT2D eigenvalue weighted by atomic mass is 79.9. The molecule has 10 heteroatoms. The number of ether oxygens (including phenoxy) is 2. The lowest BCUT2D eigenvalue weighted by Gasteiger charge is -2.26. The van der Waals surface area contributed by atoms with Crippen LogP contribution in [0.3, 0.4) is 0 Å². The molecule has 0 saturated carbocycles. The number of urea groups is 1. The van der Waals surface area contributed by atoms with Crippen LogP contribution in [0.15, 0.2) is 64.6 Å². The second kappa shape index (κ2) is 11.5. The summed E-state index contributed by atoms with van der Waals surface area (Å²) >= 11 is 9.92. The number of hydrogen-bond acceptors (Lipinski definition) is 6. The van der Waals surface area contributed by atoms with Crippen molar-refractivity contribution in [2.75, 3.05) is 11.5 Å². The van der Waals surface area contributed by atoms with Crippen LogP contribution in [-0.2, 0) is 16.2 Å². The molecule has 4 amide bonds. The Balaban J connectivity index is 1.68. The molecule has 3 aromatic rings. The monoisotopic (exact) mass is 593 g/mol. The van der Waals surface area contributed by atoms with Crippen molar-refractivity contribution >= 4 is 57.1 Å². The van der Waals surface area contributed by atoms with Crippen molar-refractivity contribution in [3.63, 3.8) is 0 Å². The van der Waals surface area contributed by atoms with Crippen LogP contribution in [0.25, 0.3) is 6.08 Å². The van der Waals surface area contributed by atoms with Gasteiger partial charge in [0, 0.05) is 10.0 Å². The maximum atomic E-state index is 13.3. The molecule has 0 atom stereocenters. The van der Waals surface area contributed by atoms with Crippen molar-refractivity contribution in [1.29, 1.82) is 5.26 Å². The average molecular weight is 595 g/mol. The highest BCUT2D eigenvalue weighted by molar-refractivity contribution is 9.10. The standard InChI is InChI=1S/C28H21BrClN3O5/c1-3-37-24-13-17(12-23(30)25(24)38-15-19-7-5-4-6-18(19)14-31)11-21-26(34)32-28(36)33(27(21)35)20-8-9-22(29)16(2)10-20/h4-13H,3,15H2,1-2H3,(H,32,34,36)/b21-11+. The molecule has 1 aliphatic heterocycles. The Bertz CT molecular complexity index is 1530. The Kier molecular flexibility index (Phi) is 8.15. The molecule has 0 spiro atoms. The summed E-state index contributed by atoms with van der Waals surface area (Å²) < 4.78 is 12.4. The summed E-state index contributed by atoms with van der Waals surface area (Å²) in [6.45, 7) is 3.98. The number of rotatable bonds is 7. The summed E-state index contributed by atoms with van der Waals surface area (Å²) in [4.78, 5) is 39.4. The van der Waals surface area contributed by atoms with Gasteiger partial charge < -0.3 is 9.47 Å². The third-order valence-corrected chi connectivity index (χ3v) is 6.82. The molecule has 0 radical (unpaired) electrons. The van der Waals surface area contributed by atoms with Crippen molar-refractivity contribution in [2.24, 2.45) is 0 Å². The zero-order valence-corrected chi connectivity index (χ0v) is 22.7. The van der Waals surface area contributed by atoms with E-state index < -0.39 is 17.8 Å². The number of hydrogen-bond donors (Lipinski definition) is 1. The maximum absolute atomic E-state index is 13.3. The number of nitrogens with zero attached hydrogens (tertiary/aromatic N) is 2. The van der Waals surface area contributed by atoms with Gasteiger partial charge in [-0.25, -0.2) is 9.69 Å². The molecule has 1 N–H and O–H groups in total. The normalized spacial score (nSPS) is 14.3. The molecule has 1 aliphatic rings. The maximum Gasteiger partial charge on any atom is 0.335 e. The molecule has 0 aromatic heterocycles. The number of nitriles is 1. The third-order valence-electron chi connectivity index (χ3n) is 5.65. The Hall–Kier alpha value is -4.13. The Labute approximate surface area is 232 Å². The van der Waals surface area contributed by atoms with Gasteiger partial charge in [-0.15, -0.1) is 0 Å². The Morgan fingerprint density at radius 2 is 1.87 bits per heavy atom. The number of benzene rings is 3. The third kappa shape index (κ3) is 5.57. The predicted octanol–water partition coefficient (Wildman–Crippen LogP) is 5.93. The summed E-state index contributed by atoms with van der Waals surface area (Å²) in [7, 11) is 0. The van der Waals surface area contributed by atoms with E-state index >= 15 is 0 Å². The quantitative estimate of drug-likeness (QED) is 0.268. The second-order valence-electron chi connectivity index (χ2n) is 8.21. The molecule has 1 saturated heterocycles. The largest absolute Gasteiger partial charge is 0.490 e. The first-order valence-corrected chi connectivity index (χ1v) is 12.6. The molecule has 0 bridgehead atoms. The highest BCUT2D eigenvalue weighted by Crippen LogP contribution is 2.38. The fourth-order valence-electron chi connectivity index (χ4n) is 3.81. The van der Waals surface area contributed by atoms with Gasteiger partial charge in [-0.3, -0.25) is 14.9 Å². The second-order valence-corrected chi connectivity index (χ2v) is 9.47. The SMILES string of the molecule is CCOc1cc(/C=C2\C(=O)NC(=O)N(c3ccc(Br)c(C)c3)C2=O)cc(Cl)c1OCc1ccccc1C#N. The minimum Gasteiger partial charge on any atom is -0.490 e. The van der Waals surface area contributed by atoms with Gasteiger partial charge in [-0.1, -0.05) is 45.7 Å². The van der Waals surface area contributed by atoms with E-state index in [4.69, 9.17) is 21.1 Å². The van der Waals surface area contributed by atoms with Gasteiger partial charge >= 0.3 is 6.03 Å². The van der Waals surface area contributed by atoms with E-state index in [0.29, 0.717) is 34.7 Å². The lowest BCUT2D eigenvalue weighted by atomic mass is 10.1. The average Bonchev–Trinajstić information content (AvgIpc) is 2.88. The van der Waals surface area contributed by atoms with Crippen molar-refractivity contribution in [2.45, 2.75) is 20.5 Å². The highest BCUT2D eigenvalue weighted by Gasteiger charge is 2.37. The van der Waals surface area contributed by atoms with E-state index in [-0.39, 0.29) is 23.0 Å². The first-order chi connectivity index (χ1) is 18.2. The van der Waals surface area contributed by atoms with Gasteiger partial charge in [0.15, 0.2) is 11.5 Å². The molecule has 8 nitrogen and oxygen atoms in total. The van der Waals surface area contributed by atoms with Gasteiger partial charge in [0.2, 0.25) is 0 Å². The number of nitrogens with one attached hydrogen (secondary N) is 1. The minimum absolute atomic E-state index is 0.0779. The van der Waals surface area contributed by atoms with E-state index in [0.717, 1.165) is 14.9 Å². The van der Waals surface area contributed by atoms with Crippen molar-refractivity contribution < 1.29 is 23.9 Å². The van der Waals surface area contributed by atoms with E-state index in [9.17, 15) is 19.6 Å². The zero-order chi connectivity index (χ0) is 27.4. The predicted molar refractivity (Wildman–Crippen MR) is 146 cm³/mol. The molecule has 38 heavy (non-hydrogen) atoms. The first kappa shape index (κ1) is 26.9. The molecule has 1 heterocycles. The molecule has 192 valence electrons. The van der Waals surface area contributed by atoms with E-state index in [1.54, 1.807) is 55.5 Å². The Morgan fingerprint density at radius 1 is 1.11 bits per heavy atom. The number of imide groups is 2. The number of halogens is 2. The zero-order valence-electron chi connectivity index (χ0n) is 20.4. The number of barbiturate groups is 1. The molecule has 0 aliphatic carbocycles. The van der Waals surface area contributed by atoms with E-state index in [1.807, 2.05) is 6.92 Å². The van der Waals surface area contributed by atoms with Crippen molar-refractivity contribution in [3.05, 3.63) is 91.9 Å². The molecule has 1 fully saturated rings. The van der Waals surface area contributed by atoms with Gasteiger partial charge in [-0.05, 0) is 67.4 Å². The minimum atomic E-state index is -0.840. The molecular weight excluding hydrogens is 574 g/mol. The lowest BCUT2D eigenvalue weighted by molar-refractivity contribution is -0.122. The molecule has 0 unspecified atom stereocenters. The summed E-state index contributed by atoms with van der Waals surface area (Å²) in [5.74, 6) is -1.05. The number of carbonyl (C=O) groups excluding carboxylic acids is 3. The van der Waals surface area contributed by atoms with E-state index in [1.165, 1.54) is 12.1 Å². The molecular formula is C28H21BrClN3O5. The Morgan fingerprint density at radius 3 is 2.58 bits per heavy atom. The fraction of sp³-hybridized carbons (Fsp3) is 0.143. The summed E-state index contributed by atoms with van der Waals surface area (Å²) in [6.07, 6.45) is 1.34. The van der Waals surface area contributed by atoms with Crippen LogP contribution in [0.4, 0.5) is 10.5 Å². The summed E-state index contributed by atoms with van der Waals surface area (Å²) in [6, 6.07) is 16.4. The first-order valence-electron chi connectivity index (χ1n) is 11.5. The van der Waals surface area contributed by atoms with Crippen LogP contribution < -0.4 is 19.7 Å². The van der Waals surface area contributed by atoms with Crippen LogP contribution in [-0.4, -0.2) is 24.5 Å². The van der Waals surface area contributed by atoms with Gasteiger partial charge in [0.1, 0.15) is 12.2 Å². The van der Waals surface area contributed by atoms with E-state index in [2.05, 4.69) is 27.3 Å². The molecule has 4 rings (SSSR count). The smallest absolute Gasteiger partial charge is 0.335 e. The van der Waals surface area contributed by atoms with Crippen LogP contribution in [0.1, 0.15) is 29.2 Å². The van der Waals surface area contributed by atoms with Crippen LogP contribution in [0, 0.1) is 18.3 Å². The fourth-order valence-corrected chi connectivity index (χ4v) is 4.33. The van der Waals surface area contributed by atoms with Crippen LogP contribution in [0.2, 0.25) is 5.02 Å². The number of carbonyl (C=O) groups is 3. The molecule has 3 aromatic carbocycles. The van der Waals surface area contributed by atoms with Crippen LogP contribution >= 0.6 is 27.5 Å². The van der Waals surface area contributed by atoms with Gasteiger partial charge in [0.25, 0.3) is 11.8 Å². The summed E-state index contributed by atoms with van der Waals surface area (Å²) in [5, 5.41) is 11.7. The number of amides is 4. The van der Waals surface area contributed by atoms with Crippen molar-refractivity contribution in [1.82, 2.24) is 5.32 Å². The topological polar surface area (TPSA) is 109 Å². The van der Waals surface area contributed by atoms with Crippen molar-refractivity contribution in [3.8, 4) is 17.6 Å². The number of aryl methyl sites for hydroxylation is 1. The van der Waals surface area contributed by atoms with Gasteiger partial charge in [-0.2, -0.15) is 5.26 Å². The number of anilines is 1. The van der Waals surface area contributed by atoms with Crippen LogP contribution in [0.5, 0.6) is 11.5 Å². The lowest BCUT2D eigenvalue weighted by Crippen LogP contribution is -2.54. The summed E-state index contributed by atoms with van der Waals surface area (Å²) in [5.41, 5.74) is 2.43.